The highest BCUT2D eigenvalue weighted by atomic mass is 16.3. The number of nitrogens with one attached hydrogen (secondary N) is 1. The largest absolute Gasteiger partial charge is 0.394 e. The zero-order valence-electron chi connectivity index (χ0n) is 15.5. The summed E-state index contributed by atoms with van der Waals surface area (Å²) in [4.78, 5) is 17.7. The first-order valence-corrected chi connectivity index (χ1v) is 8.95. The van der Waals surface area contributed by atoms with Crippen molar-refractivity contribution in [3.8, 4) is 11.4 Å². The Labute approximate surface area is 151 Å². The molecule has 0 saturated carbocycles. The third kappa shape index (κ3) is 2.57. The molecular weight excluding hydrogens is 326 g/mol. The highest BCUT2D eigenvalue weighted by Crippen LogP contribution is 2.29. The summed E-state index contributed by atoms with van der Waals surface area (Å²) >= 11 is 0. The SMILES string of the molecule is CCC(CO)n1cc(C)c2nc(-c3cc4ccc(C)nc4[nH]3)c(C)nc21. The molecule has 0 aliphatic carbocycles. The average Bonchev–Trinajstić information content (AvgIpc) is 3.16. The Balaban J connectivity index is 1.90. The lowest BCUT2D eigenvalue weighted by atomic mass is 10.2. The molecule has 0 bridgehead atoms. The molecule has 4 aromatic heterocycles. The molecule has 0 saturated heterocycles. The van der Waals surface area contributed by atoms with Crippen molar-refractivity contribution in [3.05, 3.63) is 41.3 Å². The molecule has 0 radical (unpaired) electrons. The fourth-order valence-corrected chi connectivity index (χ4v) is 3.46. The summed E-state index contributed by atoms with van der Waals surface area (Å²) in [6.45, 7) is 8.14. The summed E-state index contributed by atoms with van der Waals surface area (Å²) in [5.74, 6) is 0. The molecule has 4 aromatic rings. The molecule has 0 aromatic carbocycles. The van der Waals surface area contributed by atoms with Gasteiger partial charge in [0.2, 0.25) is 0 Å². The molecule has 4 heterocycles. The lowest BCUT2D eigenvalue weighted by molar-refractivity contribution is 0.227. The van der Waals surface area contributed by atoms with Crippen molar-refractivity contribution in [2.24, 2.45) is 0 Å². The molecule has 1 unspecified atom stereocenters. The van der Waals surface area contributed by atoms with Gasteiger partial charge in [-0.05, 0) is 51.0 Å². The normalized spacial score (nSPS) is 13.0. The number of aromatic nitrogens is 5. The van der Waals surface area contributed by atoms with Gasteiger partial charge >= 0.3 is 0 Å². The van der Waals surface area contributed by atoms with E-state index in [9.17, 15) is 5.11 Å². The van der Waals surface area contributed by atoms with Crippen LogP contribution >= 0.6 is 0 Å². The first-order valence-electron chi connectivity index (χ1n) is 8.95. The van der Waals surface area contributed by atoms with Gasteiger partial charge in [-0.2, -0.15) is 0 Å². The van der Waals surface area contributed by atoms with E-state index >= 15 is 0 Å². The lowest BCUT2D eigenvalue weighted by Gasteiger charge is -2.15. The third-order valence-corrected chi connectivity index (χ3v) is 4.95. The Bertz CT molecular complexity index is 1100. The van der Waals surface area contributed by atoms with E-state index in [0.29, 0.717) is 0 Å². The fourth-order valence-electron chi connectivity index (χ4n) is 3.46. The molecule has 26 heavy (non-hydrogen) atoms. The van der Waals surface area contributed by atoms with Crippen LogP contribution in [-0.4, -0.2) is 36.2 Å². The van der Waals surface area contributed by atoms with Crippen LogP contribution in [0.25, 0.3) is 33.6 Å². The highest BCUT2D eigenvalue weighted by molar-refractivity contribution is 5.85. The van der Waals surface area contributed by atoms with E-state index < -0.39 is 0 Å². The highest BCUT2D eigenvalue weighted by Gasteiger charge is 2.18. The standard InChI is InChI=1S/C20H23N5O/c1-5-15(10-26)25-9-11(2)17-20(25)22-13(4)18(24-17)16-8-14-7-6-12(3)21-19(14)23-16/h6-9,15,26H,5,10H2,1-4H3,(H,21,23). The van der Waals surface area contributed by atoms with E-state index in [1.54, 1.807) is 0 Å². The number of fused-ring (bicyclic) bond motifs is 2. The molecular formula is C20H23N5O. The second kappa shape index (κ2) is 6.21. The van der Waals surface area contributed by atoms with Crippen LogP contribution in [0.1, 0.15) is 36.3 Å². The maximum atomic E-state index is 9.67. The van der Waals surface area contributed by atoms with Crippen LogP contribution in [0, 0.1) is 20.8 Å². The van der Waals surface area contributed by atoms with Crippen LogP contribution in [0.15, 0.2) is 24.4 Å². The number of rotatable bonds is 4. The Hall–Kier alpha value is -2.73. The molecule has 0 fully saturated rings. The van der Waals surface area contributed by atoms with Crippen molar-refractivity contribution in [2.75, 3.05) is 6.61 Å². The van der Waals surface area contributed by atoms with Gasteiger partial charge in [-0.25, -0.2) is 15.0 Å². The van der Waals surface area contributed by atoms with Crippen molar-refractivity contribution in [3.63, 3.8) is 0 Å². The molecule has 0 aliphatic heterocycles. The average molecular weight is 349 g/mol. The fraction of sp³-hybridized carbons (Fsp3) is 0.350. The smallest absolute Gasteiger partial charge is 0.159 e. The second-order valence-corrected chi connectivity index (χ2v) is 6.87. The van der Waals surface area contributed by atoms with E-state index in [1.807, 2.05) is 37.6 Å². The molecule has 0 spiro atoms. The Morgan fingerprint density at radius 1 is 1.15 bits per heavy atom. The van der Waals surface area contributed by atoms with Crippen LogP contribution in [0.5, 0.6) is 0 Å². The van der Waals surface area contributed by atoms with E-state index in [4.69, 9.17) is 9.97 Å². The van der Waals surface area contributed by atoms with Gasteiger partial charge < -0.3 is 14.7 Å². The van der Waals surface area contributed by atoms with Crippen molar-refractivity contribution >= 4 is 22.2 Å². The van der Waals surface area contributed by atoms with Crippen molar-refractivity contribution in [1.82, 2.24) is 24.5 Å². The molecule has 134 valence electrons. The zero-order chi connectivity index (χ0) is 18.4. The predicted molar refractivity (Wildman–Crippen MR) is 103 cm³/mol. The van der Waals surface area contributed by atoms with Crippen LogP contribution in [-0.2, 0) is 0 Å². The molecule has 0 amide bonds. The van der Waals surface area contributed by atoms with Gasteiger partial charge in [-0.15, -0.1) is 0 Å². The zero-order valence-corrected chi connectivity index (χ0v) is 15.5. The van der Waals surface area contributed by atoms with E-state index in [-0.39, 0.29) is 12.6 Å². The number of aromatic amines is 1. The minimum atomic E-state index is 0.0194. The minimum Gasteiger partial charge on any atom is -0.394 e. The molecule has 6 heteroatoms. The molecule has 0 aliphatic rings. The number of H-pyrrole nitrogens is 1. The summed E-state index contributed by atoms with van der Waals surface area (Å²) < 4.78 is 2.05. The Morgan fingerprint density at radius 2 is 1.96 bits per heavy atom. The summed E-state index contributed by atoms with van der Waals surface area (Å²) in [6.07, 6.45) is 2.88. The van der Waals surface area contributed by atoms with Gasteiger partial charge in [0.15, 0.2) is 5.65 Å². The molecule has 2 N–H and O–H groups in total. The number of hydrogen-bond donors (Lipinski definition) is 2. The van der Waals surface area contributed by atoms with E-state index in [2.05, 4.69) is 29.0 Å². The van der Waals surface area contributed by atoms with Crippen LogP contribution in [0.4, 0.5) is 0 Å². The maximum Gasteiger partial charge on any atom is 0.159 e. The topological polar surface area (TPSA) is 79.6 Å². The summed E-state index contributed by atoms with van der Waals surface area (Å²) in [6, 6.07) is 6.16. The van der Waals surface area contributed by atoms with Crippen molar-refractivity contribution < 1.29 is 5.11 Å². The quantitative estimate of drug-likeness (QED) is 0.586. The molecule has 6 nitrogen and oxygen atoms in total. The first-order chi connectivity index (χ1) is 12.5. The Morgan fingerprint density at radius 3 is 2.69 bits per heavy atom. The first kappa shape index (κ1) is 16.7. The minimum absolute atomic E-state index is 0.0194. The number of pyridine rings is 1. The number of aliphatic hydroxyl groups excluding tert-OH is 1. The lowest BCUT2D eigenvalue weighted by Crippen LogP contribution is -2.12. The molecule has 1 atom stereocenters. The van der Waals surface area contributed by atoms with Gasteiger partial charge in [-0.3, -0.25) is 0 Å². The molecule has 4 rings (SSSR count). The van der Waals surface area contributed by atoms with Crippen LogP contribution < -0.4 is 0 Å². The summed E-state index contributed by atoms with van der Waals surface area (Å²) in [5.41, 5.74) is 7.22. The second-order valence-electron chi connectivity index (χ2n) is 6.87. The Kier molecular flexibility index (Phi) is 4.00. The van der Waals surface area contributed by atoms with Gasteiger partial charge in [0.05, 0.1) is 24.0 Å². The van der Waals surface area contributed by atoms with E-state index in [0.717, 1.165) is 57.0 Å². The van der Waals surface area contributed by atoms with Crippen LogP contribution in [0.2, 0.25) is 0 Å². The van der Waals surface area contributed by atoms with Crippen LogP contribution in [0.3, 0.4) is 0 Å². The number of aliphatic hydroxyl groups is 1. The number of hydrogen-bond acceptors (Lipinski definition) is 4. The van der Waals surface area contributed by atoms with Crippen molar-refractivity contribution in [1.29, 1.82) is 0 Å². The van der Waals surface area contributed by atoms with E-state index in [1.165, 1.54) is 0 Å². The number of aryl methyl sites for hydroxylation is 3. The third-order valence-electron chi connectivity index (χ3n) is 4.95. The summed E-state index contributed by atoms with van der Waals surface area (Å²) in [7, 11) is 0. The number of nitrogens with zero attached hydrogens (tertiary/aromatic N) is 4. The summed E-state index contributed by atoms with van der Waals surface area (Å²) in [5, 5.41) is 10.7. The van der Waals surface area contributed by atoms with Gasteiger partial charge in [0.25, 0.3) is 0 Å². The van der Waals surface area contributed by atoms with Crippen molar-refractivity contribution in [2.45, 2.75) is 40.2 Å². The predicted octanol–water partition coefficient (Wildman–Crippen LogP) is 3.84. The van der Waals surface area contributed by atoms with Gasteiger partial charge in [0, 0.05) is 17.3 Å². The monoisotopic (exact) mass is 349 g/mol. The van der Waals surface area contributed by atoms with Gasteiger partial charge in [0.1, 0.15) is 16.9 Å². The maximum absolute atomic E-state index is 9.67. The van der Waals surface area contributed by atoms with Gasteiger partial charge in [-0.1, -0.05) is 6.92 Å².